The molecule has 2 rings (SSSR count). The molecule has 1 heterocycles. The molecule has 1 N–H and O–H groups in total. The minimum Gasteiger partial charge on any atom is -0.358 e. The molecule has 0 fully saturated rings. The molecule has 1 amide bonds. The molecule has 0 aliphatic rings. The number of hydrogen-bond donors (Lipinski definition) is 1. The van der Waals surface area contributed by atoms with Crippen molar-refractivity contribution in [2.45, 2.75) is 17.9 Å². The molecule has 21 heavy (non-hydrogen) atoms. The third-order valence-electron chi connectivity index (χ3n) is 3.11. The molecule has 0 aliphatic carbocycles. The van der Waals surface area contributed by atoms with Crippen LogP contribution in [-0.4, -0.2) is 37.2 Å². The summed E-state index contributed by atoms with van der Waals surface area (Å²) in [6, 6.07) is 6.68. The molecular weight excluding hydrogens is 290 g/mol. The summed E-state index contributed by atoms with van der Waals surface area (Å²) >= 11 is 0. The molecule has 0 aliphatic heterocycles. The van der Waals surface area contributed by atoms with Gasteiger partial charge in [-0.15, -0.1) is 0 Å². The summed E-state index contributed by atoms with van der Waals surface area (Å²) in [6.45, 7) is 0.216. The SMILES string of the molecule is CNC(=O)Cn1ccnc1Cc1ccc(S(C)(=O)=O)cc1. The summed E-state index contributed by atoms with van der Waals surface area (Å²) < 4.78 is 24.6. The van der Waals surface area contributed by atoms with Crippen molar-refractivity contribution < 1.29 is 13.2 Å². The minimum absolute atomic E-state index is 0.0957. The molecule has 0 bridgehead atoms. The lowest BCUT2D eigenvalue weighted by Crippen LogP contribution is -2.24. The van der Waals surface area contributed by atoms with Crippen molar-refractivity contribution in [2.75, 3.05) is 13.3 Å². The fourth-order valence-electron chi connectivity index (χ4n) is 1.92. The Balaban J connectivity index is 2.16. The van der Waals surface area contributed by atoms with E-state index in [0.29, 0.717) is 11.3 Å². The Morgan fingerprint density at radius 2 is 1.95 bits per heavy atom. The van der Waals surface area contributed by atoms with E-state index in [-0.39, 0.29) is 12.5 Å². The van der Waals surface area contributed by atoms with E-state index in [2.05, 4.69) is 10.3 Å². The van der Waals surface area contributed by atoms with Crippen LogP contribution in [0.1, 0.15) is 11.4 Å². The maximum Gasteiger partial charge on any atom is 0.239 e. The maximum absolute atomic E-state index is 11.4. The van der Waals surface area contributed by atoms with Crippen molar-refractivity contribution in [3.8, 4) is 0 Å². The van der Waals surface area contributed by atoms with Gasteiger partial charge in [0.05, 0.1) is 4.90 Å². The number of nitrogens with one attached hydrogen (secondary N) is 1. The average Bonchev–Trinajstić information content (AvgIpc) is 2.85. The van der Waals surface area contributed by atoms with Crippen LogP contribution in [0.3, 0.4) is 0 Å². The molecule has 0 spiro atoms. The normalized spacial score (nSPS) is 11.3. The van der Waals surface area contributed by atoms with Crippen LogP contribution in [0.5, 0.6) is 0 Å². The number of likely N-dealkylation sites (N-methyl/N-ethyl adjacent to an activating group) is 1. The van der Waals surface area contributed by atoms with Gasteiger partial charge in [-0.05, 0) is 17.7 Å². The van der Waals surface area contributed by atoms with Crippen LogP contribution < -0.4 is 5.32 Å². The van der Waals surface area contributed by atoms with Crippen LogP contribution in [0, 0.1) is 0 Å². The summed E-state index contributed by atoms with van der Waals surface area (Å²) in [7, 11) is -1.60. The van der Waals surface area contributed by atoms with Crippen molar-refractivity contribution in [1.82, 2.24) is 14.9 Å². The number of imidazole rings is 1. The zero-order valence-corrected chi connectivity index (χ0v) is 12.7. The molecule has 0 unspecified atom stereocenters. The fraction of sp³-hybridized carbons (Fsp3) is 0.286. The molecule has 112 valence electrons. The highest BCUT2D eigenvalue weighted by atomic mass is 32.2. The summed E-state index contributed by atoms with van der Waals surface area (Å²) in [5.41, 5.74) is 0.937. The van der Waals surface area contributed by atoms with E-state index in [0.717, 1.165) is 11.4 Å². The zero-order chi connectivity index (χ0) is 15.5. The molecule has 2 aromatic rings. The van der Waals surface area contributed by atoms with Crippen LogP contribution in [0.15, 0.2) is 41.6 Å². The van der Waals surface area contributed by atoms with Gasteiger partial charge in [-0.1, -0.05) is 12.1 Å². The first-order valence-corrected chi connectivity index (χ1v) is 8.29. The second kappa shape index (κ2) is 6.09. The van der Waals surface area contributed by atoms with Crippen molar-refractivity contribution >= 4 is 15.7 Å². The predicted octanol–water partition coefficient (Wildman–Crippen LogP) is 0.623. The molecule has 0 saturated carbocycles. The van der Waals surface area contributed by atoms with Crippen molar-refractivity contribution in [2.24, 2.45) is 0 Å². The monoisotopic (exact) mass is 307 g/mol. The molecule has 0 radical (unpaired) electrons. The van der Waals surface area contributed by atoms with E-state index in [4.69, 9.17) is 0 Å². The van der Waals surface area contributed by atoms with Gasteiger partial charge < -0.3 is 9.88 Å². The number of nitrogens with zero attached hydrogens (tertiary/aromatic N) is 2. The molecule has 0 atom stereocenters. The highest BCUT2D eigenvalue weighted by molar-refractivity contribution is 7.90. The maximum atomic E-state index is 11.4. The van der Waals surface area contributed by atoms with Gasteiger partial charge >= 0.3 is 0 Å². The third-order valence-corrected chi connectivity index (χ3v) is 4.24. The lowest BCUT2D eigenvalue weighted by molar-refractivity contribution is -0.121. The Kier molecular flexibility index (Phi) is 4.42. The van der Waals surface area contributed by atoms with Crippen molar-refractivity contribution in [3.05, 3.63) is 48.0 Å². The van der Waals surface area contributed by atoms with Crippen LogP contribution in [0.4, 0.5) is 0 Å². The van der Waals surface area contributed by atoms with Gasteiger partial charge in [0, 0.05) is 32.1 Å². The van der Waals surface area contributed by atoms with Gasteiger partial charge in [0.1, 0.15) is 12.4 Å². The molecule has 7 heteroatoms. The van der Waals surface area contributed by atoms with E-state index < -0.39 is 9.84 Å². The Hall–Kier alpha value is -2.15. The average molecular weight is 307 g/mol. The van der Waals surface area contributed by atoms with E-state index >= 15 is 0 Å². The van der Waals surface area contributed by atoms with Gasteiger partial charge in [0.2, 0.25) is 5.91 Å². The lowest BCUT2D eigenvalue weighted by Gasteiger charge is -2.07. The highest BCUT2D eigenvalue weighted by Crippen LogP contribution is 2.13. The summed E-state index contributed by atoms with van der Waals surface area (Å²) in [6.07, 6.45) is 5.10. The largest absolute Gasteiger partial charge is 0.358 e. The van der Waals surface area contributed by atoms with E-state index in [1.54, 1.807) is 48.3 Å². The van der Waals surface area contributed by atoms with E-state index in [1.807, 2.05) is 0 Å². The van der Waals surface area contributed by atoms with Crippen molar-refractivity contribution in [3.63, 3.8) is 0 Å². The molecule has 1 aromatic heterocycles. The van der Waals surface area contributed by atoms with Gasteiger partial charge in [-0.25, -0.2) is 13.4 Å². The fourth-order valence-corrected chi connectivity index (χ4v) is 2.55. The molecule has 6 nitrogen and oxygen atoms in total. The number of aromatic nitrogens is 2. The second-order valence-corrected chi connectivity index (χ2v) is 6.75. The summed E-state index contributed by atoms with van der Waals surface area (Å²) in [4.78, 5) is 15.9. The molecule has 0 saturated heterocycles. The number of sulfone groups is 1. The van der Waals surface area contributed by atoms with Gasteiger partial charge in [-0.2, -0.15) is 0 Å². The Bertz CT molecular complexity index is 733. The van der Waals surface area contributed by atoms with Crippen LogP contribution in [0.25, 0.3) is 0 Å². The topological polar surface area (TPSA) is 81.1 Å². The first kappa shape index (κ1) is 15.2. The van der Waals surface area contributed by atoms with E-state index in [9.17, 15) is 13.2 Å². The van der Waals surface area contributed by atoms with Gasteiger partial charge in [-0.3, -0.25) is 4.79 Å². The Morgan fingerprint density at radius 3 is 2.52 bits per heavy atom. The number of carbonyl (C=O) groups excluding carboxylic acids is 1. The lowest BCUT2D eigenvalue weighted by atomic mass is 10.1. The van der Waals surface area contributed by atoms with Gasteiger partial charge in [0.15, 0.2) is 9.84 Å². The smallest absolute Gasteiger partial charge is 0.239 e. The standard InChI is InChI=1S/C14H17N3O3S/c1-15-14(18)10-17-8-7-16-13(17)9-11-3-5-12(6-4-11)21(2,19)20/h3-8H,9-10H2,1-2H3,(H,15,18). The zero-order valence-electron chi connectivity index (χ0n) is 11.9. The van der Waals surface area contributed by atoms with Crippen LogP contribution >= 0.6 is 0 Å². The van der Waals surface area contributed by atoms with Crippen LogP contribution in [0.2, 0.25) is 0 Å². The van der Waals surface area contributed by atoms with Crippen molar-refractivity contribution in [1.29, 1.82) is 0 Å². The highest BCUT2D eigenvalue weighted by Gasteiger charge is 2.09. The number of amides is 1. The van der Waals surface area contributed by atoms with Crippen LogP contribution in [-0.2, 0) is 27.6 Å². The Morgan fingerprint density at radius 1 is 1.29 bits per heavy atom. The molecule has 1 aromatic carbocycles. The first-order valence-electron chi connectivity index (χ1n) is 6.40. The Labute approximate surface area is 123 Å². The first-order chi connectivity index (χ1) is 9.90. The molecular formula is C14H17N3O3S. The van der Waals surface area contributed by atoms with E-state index in [1.165, 1.54) is 6.26 Å². The number of carbonyl (C=O) groups is 1. The summed E-state index contributed by atoms with van der Waals surface area (Å²) in [5.74, 6) is 0.660. The number of hydrogen-bond acceptors (Lipinski definition) is 4. The number of benzene rings is 1. The second-order valence-electron chi connectivity index (χ2n) is 4.74. The summed E-state index contributed by atoms with van der Waals surface area (Å²) in [5, 5.41) is 2.56. The third kappa shape index (κ3) is 3.91. The quantitative estimate of drug-likeness (QED) is 0.878. The predicted molar refractivity (Wildman–Crippen MR) is 78.7 cm³/mol. The van der Waals surface area contributed by atoms with Gasteiger partial charge in [0.25, 0.3) is 0 Å². The number of rotatable bonds is 5. The minimum atomic E-state index is -3.18.